The largest absolute Gasteiger partial charge is 0.464 e. The van der Waals surface area contributed by atoms with Crippen LogP contribution in [0.15, 0.2) is 41.9 Å². The standard InChI is InChI=1S/C47H66N9O6SSi/c1-11-52(8)25-32-19-22-55(32)45(59)53(9)41(29(3)4)43(57)51-64-27-39-49-37(26-63-39)31-17-18-38-34(23-31)35(42(54(38)12-2)33-15-13-20-48-40(33)30(5)61-10)24-47(6,7)28-62-44(58)36-16-14-21-56(50-36)46(64)60/h13,15,17-18,20,23,26,29-30,32,36,41,50H,11-12,14,16,19,21-22,24-25,27-28H2,1-10H3,(H,51,57)/t30-,32?,36-,41-/m0/s1. The lowest BCUT2D eigenvalue weighted by molar-refractivity contribution is -0.151. The van der Waals surface area contributed by atoms with E-state index in [9.17, 15) is 19.2 Å². The first-order valence-corrected chi connectivity index (χ1v) is 25.4. The molecular weight excluding hydrogens is 847 g/mol. The first kappa shape index (κ1) is 47.3. The maximum Gasteiger partial charge on any atom is 0.324 e. The fraction of sp³-hybridized carbons (Fsp3) is 0.574. The van der Waals surface area contributed by atoms with Gasteiger partial charge in [0, 0.05) is 91.4 Å². The number of nitrogens with zero attached hydrogens (tertiary/aromatic N) is 7. The molecule has 0 aliphatic carbocycles. The Labute approximate surface area is 383 Å². The van der Waals surface area contributed by atoms with Crippen molar-refractivity contribution in [1.29, 1.82) is 0 Å². The van der Waals surface area contributed by atoms with Gasteiger partial charge in [0.15, 0.2) is 0 Å². The fourth-order valence-corrected chi connectivity index (χ4v) is 12.3. The molecule has 4 atom stereocenters. The average molecular weight is 913 g/mol. The van der Waals surface area contributed by atoms with Crippen molar-refractivity contribution in [3.8, 4) is 22.5 Å². The number of carbonyl (C=O) groups is 4. The number of urea groups is 1. The number of likely N-dealkylation sites (tertiary alicyclic amines) is 1. The Morgan fingerprint density at radius 3 is 2.59 bits per heavy atom. The number of amides is 4. The summed E-state index contributed by atoms with van der Waals surface area (Å²) in [5.41, 5.74) is 9.21. The summed E-state index contributed by atoms with van der Waals surface area (Å²) >= 11 is 1.46. The van der Waals surface area contributed by atoms with Gasteiger partial charge in [0.1, 0.15) is 12.1 Å². The molecule has 1 unspecified atom stereocenters. The van der Waals surface area contributed by atoms with Gasteiger partial charge in [-0.15, -0.1) is 11.3 Å². The molecular formula is C47H66N9O6SSi. The van der Waals surface area contributed by atoms with Crippen LogP contribution in [-0.4, -0.2) is 139 Å². The number of aromatic nitrogens is 3. The van der Waals surface area contributed by atoms with Gasteiger partial charge in [0.2, 0.25) is 11.4 Å². The number of aryl methyl sites for hydroxylation is 1. The lowest BCUT2D eigenvalue weighted by Crippen LogP contribution is -2.65. The molecule has 3 aliphatic heterocycles. The van der Waals surface area contributed by atoms with E-state index < -0.39 is 32.4 Å². The summed E-state index contributed by atoms with van der Waals surface area (Å²) in [5, 5.41) is 5.29. The predicted molar refractivity (Wildman–Crippen MR) is 252 cm³/mol. The van der Waals surface area contributed by atoms with Crippen LogP contribution in [0.25, 0.3) is 33.4 Å². The Kier molecular flexibility index (Phi) is 14.6. The van der Waals surface area contributed by atoms with Gasteiger partial charge in [-0.05, 0) is 88.9 Å². The van der Waals surface area contributed by atoms with E-state index >= 15 is 0 Å². The molecule has 345 valence electrons. The maximum atomic E-state index is 14.7. The molecule has 7 rings (SSSR count). The minimum atomic E-state index is -2.43. The lowest BCUT2D eigenvalue weighted by atomic mass is 9.84. The van der Waals surface area contributed by atoms with Crippen molar-refractivity contribution in [2.45, 2.75) is 111 Å². The van der Waals surface area contributed by atoms with E-state index in [-0.39, 0.29) is 48.2 Å². The molecule has 1 aromatic carbocycles. The number of benzene rings is 1. The zero-order valence-electron chi connectivity index (χ0n) is 39.2. The Bertz CT molecular complexity index is 2350. The first-order chi connectivity index (χ1) is 30.5. The van der Waals surface area contributed by atoms with Gasteiger partial charge in [-0.3, -0.25) is 24.4 Å². The minimum absolute atomic E-state index is 0.0839. The Hall–Kier alpha value is -4.68. The number of carbonyl (C=O) groups excluding carboxylic acids is 4. The molecule has 2 fully saturated rings. The number of pyridine rings is 1. The SMILES string of the molecule is CCN(C)CC1CCN1C(=O)N(C)[C@H](C(=O)N[Si]1Cc2nc(cs2)-c2ccc3c(c2)c(c(-c2cccnc2[C@H](C)OC)n3CC)CC(C)(C)COC(=O)[C@@H]2CCCN(N2)C1=O)C(C)C. The van der Waals surface area contributed by atoms with Crippen LogP contribution >= 0.6 is 11.3 Å². The van der Waals surface area contributed by atoms with E-state index in [1.165, 1.54) is 21.2 Å². The zero-order valence-corrected chi connectivity index (χ0v) is 41.0. The predicted octanol–water partition coefficient (Wildman–Crippen LogP) is 6.64. The third-order valence-corrected chi connectivity index (χ3v) is 16.2. The smallest absolute Gasteiger partial charge is 0.324 e. The molecule has 0 spiro atoms. The second-order valence-corrected chi connectivity index (χ2v) is 21.6. The van der Waals surface area contributed by atoms with Gasteiger partial charge in [-0.25, -0.2) is 15.2 Å². The lowest BCUT2D eigenvalue weighted by Gasteiger charge is -2.45. The molecule has 0 saturated carbocycles. The quantitative estimate of drug-likeness (QED) is 0.124. The second kappa shape index (κ2) is 19.8. The number of hydrogen-bond acceptors (Lipinski definition) is 11. The summed E-state index contributed by atoms with van der Waals surface area (Å²) in [6, 6.07) is 9.05. The van der Waals surface area contributed by atoms with E-state index in [0.29, 0.717) is 43.9 Å². The van der Waals surface area contributed by atoms with Gasteiger partial charge in [-0.2, -0.15) is 0 Å². The van der Waals surface area contributed by atoms with Crippen molar-refractivity contribution in [2.24, 2.45) is 11.3 Å². The average Bonchev–Trinajstić information content (AvgIpc) is 3.87. The van der Waals surface area contributed by atoms with Crippen LogP contribution in [0.3, 0.4) is 0 Å². The molecule has 2 saturated heterocycles. The van der Waals surface area contributed by atoms with E-state index in [1.54, 1.807) is 20.4 Å². The van der Waals surface area contributed by atoms with Crippen LogP contribution in [0.1, 0.15) is 90.1 Å². The Balaban J connectivity index is 1.27. The van der Waals surface area contributed by atoms with Crippen molar-refractivity contribution in [1.82, 2.24) is 44.7 Å². The number of hydrazine groups is 1. The maximum absolute atomic E-state index is 14.7. The molecule has 3 aromatic heterocycles. The second-order valence-electron chi connectivity index (χ2n) is 18.7. The molecule has 1 radical (unpaired) electrons. The third-order valence-electron chi connectivity index (χ3n) is 13.1. The van der Waals surface area contributed by atoms with E-state index in [1.807, 2.05) is 44.2 Å². The molecule has 2 N–H and O–H groups in total. The highest BCUT2D eigenvalue weighted by Crippen LogP contribution is 2.42. The number of hydrogen-bond donors (Lipinski definition) is 2. The van der Waals surface area contributed by atoms with Crippen LogP contribution in [0.2, 0.25) is 0 Å². The van der Waals surface area contributed by atoms with E-state index in [4.69, 9.17) is 19.4 Å². The summed E-state index contributed by atoms with van der Waals surface area (Å²) < 4.78 is 14.3. The van der Waals surface area contributed by atoms with Gasteiger partial charge in [-0.1, -0.05) is 40.7 Å². The highest BCUT2D eigenvalue weighted by molar-refractivity contribution is 7.10. The topological polar surface area (TPSA) is 154 Å². The van der Waals surface area contributed by atoms with Crippen molar-refractivity contribution >= 4 is 54.6 Å². The molecule has 64 heavy (non-hydrogen) atoms. The number of ether oxygens (including phenoxy) is 2. The number of cyclic esters (lactones) is 1. The minimum Gasteiger partial charge on any atom is -0.464 e. The third kappa shape index (κ3) is 9.78. The fourth-order valence-electron chi connectivity index (χ4n) is 9.30. The van der Waals surface area contributed by atoms with Crippen LogP contribution in [0.4, 0.5) is 9.59 Å². The number of esters is 1. The van der Waals surface area contributed by atoms with Crippen molar-refractivity contribution in [3.63, 3.8) is 0 Å². The highest BCUT2D eigenvalue weighted by Gasteiger charge is 2.42. The number of thiazole rings is 1. The number of nitrogens with one attached hydrogen (secondary N) is 2. The molecule has 4 aromatic rings. The Morgan fingerprint density at radius 2 is 1.91 bits per heavy atom. The summed E-state index contributed by atoms with van der Waals surface area (Å²) in [6.45, 7) is 17.8. The summed E-state index contributed by atoms with van der Waals surface area (Å²) in [6.07, 6.45) is 4.15. The molecule has 6 heterocycles. The summed E-state index contributed by atoms with van der Waals surface area (Å²) in [4.78, 5) is 75.7. The number of methoxy groups -OCH3 is 1. The number of likely N-dealkylation sites (N-methyl/N-ethyl adjacent to an activating group) is 2. The van der Waals surface area contributed by atoms with Gasteiger partial charge in [0.05, 0.1) is 34.8 Å². The van der Waals surface area contributed by atoms with Crippen LogP contribution in [0, 0.1) is 11.3 Å². The summed E-state index contributed by atoms with van der Waals surface area (Å²) in [5.74, 6) is -1.04. The van der Waals surface area contributed by atoms with Crippen molar-refractivity contribution in [3.05, 3.63) is 58.2 Å². The van der Waals surface area contributed by atoms with E-state index in [0.717, 1.165) is 64.2 Å². The summed E-state index contributed by atoms with van der Waals surface area (Å²) in [7, 11) is 2.98. The molecule has 15 nitrogen and oxygen atoms in total. The van der Waals surface area contributed by atoms with Gasteiger partial charge >= 0.3 is 12.0 Å². The molecule has 3 aliphatic rings. The highest BCUT2D eigenvalue weighted by atomic mass is 32.1. The molecule has 6 bridgehead atoms. The number of rotatable bonds is 11. The molecule has 17 heteroatoms. The van der Waals surface area contributed by atoms with Gasteiger partial charge in [0.25, 0.3) is 8.96 Å². The van der Waals surface area contributed by atoms with Crippen LogP contribution < -0.4 is 10.4 Å². The number of fused-ring (bicyclic) bond motifs is 6. The molecule has 4 amide bonds. The van der Waals surface area contributed by atoms with Crippen molar-refractivity contribution < 1.29 is 28.7 Å². The van der Waals surface area contributed by atoms with E-state index in [2.05, 4.69) is 71.8 Å². The van der Waals surface area contributed by atoms with Crippen molar-refractivity contribution in [2.75, 3.05) is 54.0 Å². The van der Waals surface area contributed by atoms with Crippen LogP contribution in [-0.2, 0) is 38.1 Å². The van der Waals surface area contributed by atoms with Crippen LogP contribution in [0.5, 0.6) is 0 Å². The normalized spacial score (nSPS) is 20.5. The van der Waals surface area contributed by atoms with Gasteiger partial charge < -0.3 is 33.7 Å². The zero-order chi connectivity index (χ0) is 46.0. The first-order valence-electron chi connectivity index (χ1n) is 22.8. The Morgan fingerprint density at radius 1 is 1.12 bits per heavy atom. The monoisotopic (exact) mass is 912 g/mol.